The first kappa shape index (κ1) is 32.1. The van der Waals surface area contributed by atoms with E-state index in [9.17, 15) is 0 Å². The summed E-state index contributed by atoms with van der Waals surface area (Å²) in [4.78, 5) is 0. The van der Waals surface area contributed by atoms with Crippen molar-refractivity contribution < 1.29 is 9.47 Å². The van der Waals surface area contributed by atoms with Crippen LogP contribution < -0.4 is 9.47 Å². The minimum Gasteiger partial charge on any atom is -0.493 e. The van der Waals surface area contributed by atoms with Gasteiger partial charge in [-0.3, -0.25) is 0 Å². The molecule has 0 aliphatic heterocycles. The molecular formula is C38H42N4O2. The van der Waals surface area contributed by atoms with Gasteiger partial charge in [0.05, 0.1) is 38.1 Å². The molecule has 4 rings (SSSR count). The number of benzene rings is 4. The average molecular weight is 587 g/mol. The lowest BCUT2D eigenvalue weighted by atomic mass is 10.1. The van der Waals surface area contributed by atoms with Crippen LogP contribution in [0.1, 0.15) is 68.5 Å². The maximum atomic E-state index is 6.02. The fourth-order valence-corrected chi connectivity index (χ4v) is 4.49. The van der Waals surface area contributed by atoms with E-state index in [-0.39, 0.29) is 0 Å². The van der Waals surface area contributed by atoms with E-state index < -0.39 is 0 Å². The van der Waals surface area contributed by atoms with Crippen molar-refractivity contribution in [3.63, 3.8) is 0 Å². The Hall–Kier alpha value is -4.84. The molecular weight excluding hydrogens is 544 g/mol. The van der Waals surface area contributed by atoms with Gasteiger partial charge in [0.15, 0.2) is 0 Å². The van der Waals surface area contributed by atoms with Crippen LogP contribution in [0.2, 0.25) is 0 Å². The van der Waals surface area contributed by atoms with Crippen molar-refractivity contribution in [2.75, 3.05) is 13.2 Å². The SMILES string of the molecule is Cc1ccc(/C=N\N=C/c2ccc(OCCCCOc3ccc(/C=N\N=C/c4ccc(C)c(C)c4)cc3C)c(C)c2)cc1C. The second kappa shape index (κ2) is 16.1. The van der Waals surface area contributed by atoms with Crippen molar-refractivity contribution in [2.24, 2.45) is 20.4 Å². The quantitative estimate of drug-likeness (QED) is 0.0893. The Morgan fingerprint density at radius 2 is 0.727 bits per heavy atom. The van der Waals surface area contributed by atoms with E-state index in [4.69, 9.17) is 9.47 Å². The van der Waals surface area contributed by atoms with E-state index in [1.165, 1.54) is 22.3 Å². The smallest absolute Gasteiger partial charge is 0.122 e. The van der Waals surface area contributed by atoms with Crippen molar-refractivity contribution in [1.29, 1.82) is 0 Å². The highest BCUT2D eigenvalue weighted by Crippen LogP contribution is 2.20. The Kier molecular flexibility index (Phi) is 11.8. The van der Waals surface area contributed by atoms with E-state index in [0.29, 0.717) is 13.2 Å². The molecule has 0 fully saturated rings. The fourth-order valence-electron chi connectivity index (χ4n) is 4.49. The summed E-state index contributed by atoms with van der Waals surface area (Å²) >= 11 is 0. The van der Waals surface area contributed by atoms with E-state index >= 15 is 0 Å². The lowest BCUT2D eigenvalue weighted by Gasteiger charge is -2.11. The van der Waals surface area contributed by atoms with Crippen LogP contribution >= 0.6 is 0 Å². The van der Waals surface area contributed by atoms with E-state index in [2.05, 4.69) is 84.5 Å². The Bertz CT molecular complexity index is 1560. The maximum Gasteiger partial charge on any atom is 0.122 e. The van der Waals surface area contributed by atoms with Crippen molar-refractivity contribution in [2.45, 2.75) is 54.4 Å². The lowest BCUT2D eigenvalue weighted by Crippen LogP contribution is -2.04. The first-order chi connectivity index (χ1) is 21.3. The first-order valence-corrected chi connectivity index (χ1v) is 15.0. The zero-order valence-corrected chi connectivity index (χ0v) is 26.7. The molecule has 0 heterocycles. The Morgan fingerprint density at radius 1 is 0.409 bits per heavy atom. The number of nitrogens with zero attached hydrogens (tertiary/aromatic N) is 4. The molecule has 0 atom stereocenters. The van der Waals surface area contributed by atoms with Crippen LogP contribution in [0.5, 0.6) is 11.5 Å². The second-order valence-corrected chi connectivity index (χ2v) is 11.1. The van der Waals surface area contributed by atoms with E-state index in [1.807, 2.05) is 50.2 Å². The molecule has 0 unspecified atom stereocenters. The van der Waals surface area contributed by atoms with Gasteiger partial charge in [-0.2, -0.15) is 20.4 Å². The minimum atomic E-state index is 0.634. The molecule has 4 aromatic rings. The van der Waals surface area contributed by atoms with Crippen LogP contribution in [0.4, 0.5) is 0 Å². The highest BCUT2D eigenvalue weighted by Gasteiger charge is 2.03. The number of unbranched alkanes of at least 4 members (excludes halogenated alkanes) is 1. The standard InChI is InChI=1S/C38H42N4O2/c1-27-9-11-33(19-29(27)3)23-39-41-25-35-13-15-37(31(5)21-35)43-17-7-8-18-44-38-16-14-36(22-32(38)6)26-42-40-24-34-12-10-28(2)30(4)20-34/h9-16,19-26H,7-8,17-18H2,1-6H3/b39-23-,40-24-,41-25-,42-26-. The molecule has 0 aliphatic carbocycles. The Morgan fingerprint density at radius 3 is 1.05 bits per heavy atom. The molecule has 0 bridgehead atoms. The highest BCUT2D eigenvalue weighted by molar-refractivity contribution is 5.84. The van der Waals surface area contributed by atoms with Gasteiger partial charge in [0.2, 0.25) is 0 Å². The van der Waals surface area contributed by atoms with Crippen molar-refractivity contribution in [1.82, 2.24) is 0 Å². The van der Waals surface area contributed by atoms with Gasteiger partial charge >= 0.3 is 0 Å². The molecule has 0 spiro atoms. The van der Waals surface area contributed by atoms with Gasteiger partial charge in [0, 0.05) is 0 Å². The molecule has 6 nitrogen and oxygen atoms in total. The third kappa shape index (κ3) is 9.87. The molecule has 44 heavy (non-hydrogen) atoms. The van der Waals surface area contributed by atoms with Gasteiger partial charge in [0.1, 0.15) is 11.5 Å². The third-order valence-corrected chi connectivity index (χ3v) is 7.47. The number of hydrogen-bond acceptors (Lipinski definition) is 6. The summed E-state index contributed by atoms with van der Waals surface area (Å²) in [6.07, 6.45) is 8.86. The molecule has 0 aliphatic rings. The largest absolute Gasteiger partial charge is 0.493 e. The number of hydrogen-bond donors (Lipinski definition) is 0. The van der Waals surface area contributed by atoms with Gasteiger partial charge in [-0.1, -0.05) is 36.4 Å². The summed E-state index contributed by atoms with van der Waals surface area (Å²) < 4.78 is 12.0. The predicted octanol–water partition coefficient (Wildman–Crippen LogP) is 8.68. The molecule has 0 amide bonds. The molecule has 226 valence electrons. The monoisotopic (exact) mass is 586 g/mol. The Balaban J connectivity index is 1.15. The van der Waals surface area contributed by atoms with Gasteiger partial charge in [-0.25, -0.2) is 0 Å². The lowest BCUT2D eigenvalue weighted by molar-refractivity contribution is 0.265. The van der Waals surface area contributed by atoms with Gasteiger partial charge in [-0.05, 0) is 146 Å². The van der Waals surface area contributed by atoms with Crippen LogP contribution in [0.25, 0.3) is 0 Å². The van der Waals surface area contributed by atoms with Crippen LogP contribution in [0.3, 0.4) is 0 Å². The van der Waals surface area contributed by atoms with Gasteiger partial charge < -0.3 is 9.47 Å². The number of rotatable bonds is 13. The fraction of sp³-hybridized carbons (Fsp3) is 0.263. The van der Waals surface area contributed by atoms with Crippen molar-refractivity contribution in [3.05, 3.63) is 128 Å². The van der Waals surface area contributed by atoms with Crippen LogP contribution in [0.15, 0.2) is 93.2 Å². The Labute approximate surface area is 261 Å². The molecule has 4 aromatic carbocycles. The van der Waals surface area contributed by atoms with E-state index in [1.54, 1.807) is 24.9 Å². The van der Waals surface area contributed by atoms with Gasteiger partial charge in [-0.15, -0.1) is 0 Å². The van der Waals surface area contributed by atoms with E-state index in [0.717, 1.165) is 57.7 Å². The minimum absolute atomic E-state index is 0.634. The third-order valence-electron chi connectivity index (χ3n) is 7.47. The summed E-state index contributed by atoms with van der Waals surface area (Å²) in [6.45, 7) is 13.8. The summed E-state index contributed by atoms with van der Waals surface area (Å²) in [5.41, 5.74) is 11.2. The molecule has 0 saturated heterocycles. The average Bonchev–Trinajstić information content (AvgIpc) is 3.00. The highest BCUT2D eigenvalue weighted by atomic mass is 16.5. The number of ether oxygens (including phenoxy) is 2. The summed E-state index contributed by atoms with van der Waals surface area (Å²) in [5, 5.41) is 16.8. The molecule has 0 radical (unpaired) electrons. The first-order valence-electron chi connectivity index (χ1n) is 15.0. The summed E-state index contributed by atoms with van der Waals surface area (Å²) in [7, 11) is 0. The molecule has 6 heteroatoms. The second-order valence-electron chi connectivity index (χ2n) is 11.1. The van der Waals surface area contributed by atoms with Crippen molar-refractivity contribution in [3.8, 4) is 11.5 Å². The summed E-state index contributed by atoms with van der Waals surface area (Å²) in [6, 6.07) is 24.6. The molecule has 0 N–H and O–H groups in total. The topological polar surface area (TPSA) is 67.9 Å². The van der Waals surface area contributed by atoms with Gasteiger partial charge in [0.25, 0.3) is 0 Å². The molecule has 0 aromatic heterocycles. The zero-order chi connectivity index (χ0) is 31.3. The zero-order valence-electron chi connectivity index (χ0n) is 26.7. The van der Waals surface area contributed by atoms with Crippen LogP contribution in [-0.4, -0.2) is 38.1 Å². The van der Waals surface area contributed by atoms with Crippen LogP contribution in [-0.2, 0) is 0 Å². The van der Waals surface area contributed by atoms with Crippen LogP contribution in [0, 0.1) is 41.5 Å². The maximum absolute atomic E-state index is 6.02. The van der Waals surface area contributed by atoms with Crippen molar-refractivity contribution >= 4 is 24.9 Å². The molecule has 0 saturated carbocycles. The number of aryl methyl sites for hydroxylation is 6. The summed E-state index contributed by atoms with van der Waals surface area (Å²) in [5.74, 6) is 1.77. The normalized spacial score (nSPS) is 11.9. The predicted molar refractivity (Wildman–Crippen MR) is 185 cm³/mol.